The molecule has 7 heteroatoms. The second-order valence-corrected chi connectivity index (χ2v) is 7.11. The summed E-state index contributed by atoms with van der Waals surface area (Å²) in [7, 11) is 3.51. The van der Waals surface area contributed by atoms with Gasteiger partial charge in [-0.05, 0) is 45.2 Å². The number of benzene rings is 1. The largest absolute Gasteiger partial charge is 0.497 e. The standard InChI is InChI=1S/C17H25N3O3S/c1-12(2)19(3)9-16(21)20-11-24-10-15(20)17(22)18-13-5-7-14(23-4)8-6-13/h5-8,12,15H,9-11H2,1-4H3,(H,18,22)/t15-/m0/s1. The van der Waals surface area contributed by atoms with Gasteiger partial charge in [0.25, 0.3) is 0 Å². The van der Waals surface area contributed by atoms with Crippen LogP contribution >= 0.6 is 11.8 Å². The van der Waals surface area contributed by atoms with Crippen molar-refractivity contribution in [3.63, 3.8) is 0 Å². The average molecular weight is 351 g/mol. The smallest absolute Gasteiger partial charge is 0.248 e. The lowest BCUT2D eigenvalue weighted by Gasteiger charge is -2.27. The number of carbonyl (C=O) groups is 2. The summed E-state index contributed by atoms with van der Waals surface area (Å²) in [6.07, 6.45) is 0. The minimum absolute atomic E-state index is 0.00826. The molecule has 1 saturated heterocycles. The number of hydrogen-bond donors (Lipinski definition) is 1. The fourth-order valence-corrected chi connectivity index (χ4v) is 3.47. The van der Waals surface area contributed by atoms with Crippen LogP contribution in [0.4, 0.5) is 5.69 Å². The molecule has 1 atom stereocenters. The number of anilines is 1. The van der Waals surface area contributed by atoms with Crippen molar-refractivity contribution in [2.45, 2.75) is 25.9 Å². The predicted octanol–water partition coefficient (Wildman–Crippen LogP) is 1.88. The highest BCUT2D eigenvalue weighted by Gasteiger charge is 2.35. The van der Waals surface area contributed by atoms with E-state index in [1.54, 1.807) is 48.0 Å². The Morgan fingerprint density at radius 2 is 2.04 bits per heavy atom. The van der Waals surface area contributed by atoms with Crippen LogP contribution in [0.5, 0.6) is 5.75 Å². The number of likely N-dealkylation sites (N-methyl/N-ethyl adjacent to an activating group) is 1. The van der Waals surface area contributed by atoms with Crippen LogP contribution in [0.2, 0.25) is 0 Å². The molecule has 1 N–H and O–H groups in total. The van der Waals surface area contributed by atoms with E-state index < -0.39 is 6.04 Å². The highest BCUT2D eigenvalue weighted by Crippen LogP contribution is 2.23. The Bertz CT molecular complexity index is 577. The first-order valence-corrected chi connectivity index (χ1v) is 9.10. The van der Waals surface area contributed by atoms with Gasteiger partial charge in [-0.25, -0.2) is 0 Å². The number of rotatable bonds is 6. The number of hydrogen-bond acceptors (Lipinski definition) is 5. The van der Waals surface area contributed by atoms with Crippen molar-refractivity contribution < 1.29 is 14.3 Å². The molecule has 1 fully saturated rings. The Kier molecular flexibility index (Phi) is 6.51. The van der Waals surface area contributed by atoms with E-state index in [1.165, 1.54) is 0 Å². The number of amides is 2. The lowest BCUT2D eigenvalue weighted by atomic mass is 10.2. The van der Waals surface area contributed by atoms with E-state index in [4.69, 9.17) is 4.74 Å². The fourth-order valence-electron chi connectivity index (χ4n) is 2.29. The number of carbonyl (C=O) groups excluding carboxylic acids is 2. The Labute approximate surface area is 147 Å². The van der Waals surface area contributed by atoms with E-state index in [-0.39, 0.29) is 17.9 Å². The Morgan fingerprint density at radius 3 is 2.62 bits per heavy atom. The maximum absolute atomic E-state index is 12.5. The molecule has 0 spiro atoms. The van der Waals surface area contributed by atoms with Crippen LogP contribution < -0.4 is 10.1 Å². The topological polar surface area (TPSA) is 61.9 Å². The van der Waals surface area contributed by atoms with Gasteiger partial charge in [-0.3, -0.25) is 14.5 Å². The summed E-state index contributed by atoms with van der Waals surface area (Å²) in [4.78, 5) is 28.7. The van der Waals surface area contributed by atoms with Gasteiger partial charge in [-0.15, -0.1) is 11.8 Å². The molecule has 1 aromatic carbocycles. The summed E-state index contributed by atoms with van der Waals surface area (Å²) < 4.78 is 5.11. The number of nitrogens with zero attached hydrogens (tertiary/aromatic N) is 2. The van der Waals surface area contributed by atoms with Gasteiger partial charge in [0, 0.05) is 17.5 Å². The summed E-state index contributed by atoms with van der Waals surface area (Å²) in [5.74, 6) is 1.76. The van der Waals surface area contributed by atoms with Gasteiger partial charge in [-0.2, -0.15) is 0 Å². The zero-order chi connectivity index (χ0) is 17.7. The number of ether oxygens (including phenoxy) is 1. The van der Waals surface area contributed by atoms with E-state index in [1.807, 2.05) is 25.8 Å². The minimum Gasteiger partial charge on any atom is -0.497 e. The van der Waals surface area contributed by atoms with Gasteiger partial charge in [0.1, 0.15) is 11.8 Å². The van der Waals surface area contributed by atoms with E-state index in [0.717, 1.165) is 5.75 Å². The fraction of sp³-hybridized carbons (Fsp3) is 0.529. The number of nitrogens with one attached hydrogen (secondary N) is 1. The number of methoxy groups -OCH3 is 1. The van der Waals surface area contributed by atoms with Crippen LogP contribution in [0.15, 0.2) is 24.3 Å². The molecule has 6 nitrogen and oxygen atoms in total. The maximum Gasteiger partial charge on any atom is 0.248 e. The quantitative estimate of drug-likeness (QED) is 0.848. The van der Waals surface area contributed by atoms with E-state index in [2.05, 4.69) is 5.32 Å². The lowest BCUT2D eigenvalue weighted by Crippen LogP contribution is -2.48. The van der Waals surface area contributed by atoms with Crippen LogP contribution in [-0.2, 0) is 9.59 Å². The van der Waals surface area contributed by atoms with Gasteiger partial charge >= 0.3 is 0 Å². The minimum atomic E-state index is -0.426. The van der Waals surface area contributed by atoms with Crippen molar-refractivity contribution in [1.29, 1.82) is 0 Å². The molecule has 1 aliphatic rings. The average Bonchev–Trinajstić information content (AvgIpc) is 3.05. The molecule has 0 aliphatic carbocycles. The maximum atomic E-state index is 12.5. The van der Waals surface area contributed by atoms with Crippen molar-refractivity contribution in [3.8, 4) is 5.75 Å². The first kappa shape index (κ1) is 18.6. The molecular weight excluding hydrogens is 326 g/mol. The van der Waals surface area contributed by atoms with E-state index >= 15 is 0 Å². The summed E-state index contributed by atoms with van der Waals surface area (Å²) >= 11 is 1.60. The molecule has 0 unspecified atom stereocenters. The molecule has 1 aromatic rings. The van der Waals surface area contributed by atoms with E-state index in [0.29, 0.717) is 23.9 Å². The normalized spacial score (nSPS) is 17.4. The van der Waals surface area contributed by atoms with Crippen molar-refractivity contribution in [1.82, 2.24) is 9.80 Å². The Hall–Kier alpha value is -1.73. The highest BCUT2D eigenvalue weighted by atomic mass is 32.2. The van der Waals surface area contributed by atoms with Crippen LogP contribution in [0.1, 0.15) is 13.8 Å². The third kappa shape index (κ3) is 4.64. The summed E-state index contributed by atoms with van der Waals surface area (Å²) in [6.45, 7) is 4.41. The van der Waals surface area contributed by atoms with Crippen molar-refractivity contribution in [3.05, 3.63) is 24.3 Å². The van der Waals surface area contributed by atoms with Crippen molar-refractivity contribution >= 4 is 29.3 Å². The zero-order valence-electron chi connectivity index (χ0n) is 14.6. The monoisotopic (exact) mass is 351 g/mol. The molecule has 132 valence electrons. The van der Waals surface area contributed by atoms with Crippen molar-refractivity contribution in [2.75, 3.05) is 37.6 Å². The summed E-state index contributed by atoms with van der Waals surface area (Å²) in [5.41, 5.74) is 0.699. The predicted molar refractivity (Wildman–Crippen MR) is 97.3 cm³/mol. The zero-order valence-corrected chi connectivity index (χ0v) is 15.4. The van der Waals surface area contributed by atoms with Crippen LogP contribution in [0, 0.1) is 0 Å². The number of thioether (sulfide) groups is 1. The van der Waals surface area contributed by atoms with Crippen LogP contribution in [-0.4, -0.2) is 66.0 Å². The molecule has 0 aromatic heterocycles. The third-order valence-corrected chi connectivity index (χ3v) is 5.14. The highest BCUT2D eigenvalue weighted by molar-refractivity contribution is 7.99. The van der Waals surface area contributed by atoms with Crippen LogP contribution in [0.3, 0.4) is 0 Å². The van der Waals surface area contributed by atoms with Gasteiger partial charge in [0.15, 0.2) is 0 Å². The molecule has 1 heterocycles. The first-order valence-electron chi connectivity index (χ1n) is 7.94. The first-order chi connectivity index (χ1) is 11.4. The lowest BCUT2D eigenvalue weighted by molar-refractivity contribution is -0.137. The molecule has 0 saturated carbocycles. The summed E-state index contributed by atoms with van der Waals surface area (Å²) in [6, 6.07) is 7.02. The SMILES string of the molecule is COc1ccc(NC(=O)[C@@H]2CSCN2C(=O)CN(C)C(C)C)cc1. The van der Waals surface area contributed by atoms with E-state index in [9.17, 15) is 9.59 Å². The summed E-state index contributed by atoms with van der Waals surface area (Å²) in [5, 5.41) is 2.88. The van der Waals surface area contributed by atoms with Gasteiger partial charge in [0.05, 0.1) is 19.5 Å². The molecule has 0 bridgehead atoms. The Balaban J connectivity index is 1.98. The van der Waals surface area contributed by atoms with Gasteiger partial charge in [0.2, 0.25) is 11.8 Å². The molecule has 2 amide bonds. The second-order valence-electron chi connectivity index (χ2n) is 6.11. The second kappa shape index (κ2) is 8.39. The molecule has 0 radical (unpaired) electrons. The molecular formula is C17H25N3O3S. The van der Waals surface area contributed by atoms with Crippen LogP contribution in [0.25, 0.3) is 0 Å². The molecule has 2 rings (SSSR count). The van der Waals surface area contributed by atoms with Gasteiger partial charge < -0.3 is 15.0 Å². The Morgan fingerprint density at radius 1 is 1.38 bits per heavy atom. The molecule has 1 aliphatic heterocycles. The molecule has 24 heavy (non-hydrogen) atoms. The van der Waals surface area contributed by atoms with Gasteiger partial charge in [-0.1, -0.05) is 0 Å². The third-order valence-electron chi connectivity index (χ3n) is 4.13. The van der Waals surface area contributed by atoms with Crippen molar-refractivity contribution in [2.24, 2.45) is 0 Å².